The van der Waals surface area contributed by atoms with E-state index >= 15 is 0 Å². The van der Waals surface area contributed by atoms with Gasteiger partial charge in [-0.15, -0.1) is 0 Å². The number of carboxylic acids is 1. The molecule has 0 bridgehead atoms. The first kappa shape index (κ1) is 16.9. The lowest BCUT2D eigenvalue weighted by molar-refractivity contribution is 0.0697. The first-order valence-corrected chi connectivity index (χ1v) is 7.33. The number of aromatic nitrogens is 1. The van der Waals surface area contributed by atoms with Crippen LogP contribution in [0.5, 0.6) is 5.75 Å². The van der Waals surface area contributed by atoms with Gasteiger partial charge in [0.15, 0.2) is 0 Å². The molecule has 2 N–H and O–H groups in total. The average molecular weight is 318 g/mol. The minimum atomic E-state index is -0.879. The molecule has 6 heteroatoms. The van der Waals surface area contributed by atoms with Gasteiger partial charge in [0.2, 0.25) is 5.95 Å². The monoisotopic (exact) mass is 318 g/mol. The van der Waals surface area contributed by atoms with Gasteiger partial charge in [-0.25, -0.2) is 9.78 Å². The summed E-state index contributed by atoms with van der Waals surface area (Å²) in [7, 11) is 0. The molecule has 1 saturated heterocycles. The molecule has 1 aromatic heterocycles. The molecule has 122 valence electrons. The molecule has 0 aliphatic carbocycles. The van der Waals surface area contributed by atoms with E-state index in [9.17, 15) is 9.18 Å². The molecule has 0 saturated carbocycles. The zero-order valence-electron chi connectivity index (χ0n) is 12.8. The van der Waals surface area contributed by atoms with E-state index in [-0.39, 0.29) is 0 Å². The number of nitrogens with one attached hydrogen (secondary N) is 1. The summed E-state index contributed by atoms with van der Waals surface area (Å²) in [6.45, 7) is 3.37. The second kappa shape index (κ2) is 8.24. The van der Waals surface area contributed by atoms with E-state index in [0.717, 1.165) is 13.0 Å². The summed E-state index contributed by atoms with van der Waals surface area (Å²) in [5.74, 6) is -0.674. The maximum atomic E-state index is 12.8. The number of carbonyl (C=O) groups is 1. The SMILES string of the molecule is Cc1cc(OC[C@@H]2CCN2)cnc1F.O=C(O)c1ccccc1. The minimum Gasteiger partial charge on any atom is -0.490 e. The maximum absolute atomic E-state index is 12.8. The van der Waals surface area contributed by atoms with E-state index in [1.807, 2.05) is 0 Å². The molecule has 23 heavy (non-hydrogen) atoms. The first-order valence-electron chi connectivity index (χ1n) is 7.33. The molecule has 0 amide bonds. The lowest BCUT2D eigenvalue weighted by atomic mass is 10.1. The van der Waals surface area contributed by atoms with E-state index in [1.54, 1.807) is 43.3 Å². The van der Waals surface area contributed by atoms with Gasteiger partial charge in [-0.2, -0.15) is 4.39 Å². The number of benzene rings is 1. The molecule has 2 aromatic rings. The Morgan fingerprint density at radius 2 is 2.13 bits per heavy atom. The van der Waals surface area contributed by atoms with Crippen LogP contribution < -0.4 is 10.1 Å². The highest BCUT2D eigenvalue weighted by atomic mass is 19.1. The van der Waals surface area contributed by atoms with Crippen LogP contribution in [0.25, 0.3) is 0 Å². The molecular weight excluding hydrogens is 299 g/mol. The fourth-order valence-electron chi connectivity index (χ4n) is 1.88. The van der Waals surface area contributed by atoms with Crippen LogP contribution in [0.15, 0.2) is 42.6 Å². The van der Waals surface area contributed by atoms with Crippen LogP contribution in [-0.2, 0) is 0 Å². The molecule has 5 nitrogen and oxygen atoms in total. The molecule has 0 spiro atoms. The van der Waals surface area contributed by atoms with Crippen LogP contribution in [0.2, 0.25) is 0 Å². The molecule has 1 atom stereocenters. The van der Waals surface area contributed by atoms with Crippen molar-refractivity contribution in [2.45, 2.75) is 19.4 Å². The smallest absolute Gasteiger partial charge is 0.335 e. The van der Waals surface area contributed by atoms with Crippen molar-refractivity contribution in [1.29, 1.82) is 0 Å². The van der Waals surface area contributed by atoms with Crippen molar-refractivity contribution in [2.24, 2.45) is 0 Å². The topological polar surface area (TPSA) is 71.5 Å². The van der Waals surface area contributed by atoms with Crippen molar-refractivity contribution in [3.8, 4) is 5.75 Å². The van der Waals surface area contributed by atoms with Gasteiger partial charge >= 0.3 is 5.97 Å². The molecule has 1 aliphatic rings. The lowest BCUT2D eigenvalue weighted by Gasteiger charge is -2.27. The number of nitrogens with zero attached hydrogens (tertiary/aromatic N) is 1. The second-order valence-electron chi connectivity index (χ2n) is 5.20. The third-order valence-electron chi connectivity index (χ3n) is 3.39. The summed E-state index contributed by atoms with van der Waals surface area (Å²) < 4.78 is 18.2. The van der Waals surface area contributed by atoms with E-state index in [0.29, 0.717) is 29.5 Å². The molecule has 3 rings (SSSR count). The lowest BCUT2D eigenvalue weighted by Crippen LogP contribution is -2.46. The predicted octanol–water partition coefficient (Wildman–Crippen LogP) is 2.65. The number of ether oxygens (including phenoxy) is 1. The highest BCUT2D eigenvalue weighted by Crippen LogP contribution is 2.14. The van der Waals surface area contributed by atoms with Gasteiger partial charge in [-0.05, 0) is 38.1 Å². The van der Waals surface area contributed by atoms with Crippen molar-refractivity contribution in [2.75, 3.05) is 13.2 Å². The van der Waals surface area contributed by atoms with Gasteiger partial charge in [0.1, 0.15) is 12.4 Å². The third kappa shape index (κ3) is 5.34. The molecule has 1 aliphatic heterocycles. The standard InChI is InChI=1S/C10H13FN2O.C7H6O2/c1-7-4-9(5-13-10(7)11)14-6-8-2-3-12-8;8-7(9)6-4-2-1-3-5-6/h4-5,8,12H,2-3,6H2,1H3;1-5H,(H,8,9)/t8-;/m0./s1. The number of carboxylic acid groups (broad SMARTS) is 1. The van der Waals surface area contributed by atoms with E-state index in [4.69, 9.17) is 9.84 Å². The van der Waals surface area contributed by atoms with Crippen LogP contribution in [0.4, 0.5) is 4.39 Å². The normalized spacial score (nSPS) is 15.8. The molecule has 0 unspecified atom stereocenters. The van der Waals surface area contributed by atoms with Crippen molar-refractivity contribution in [3.05, 3.63) is 59.7 Å². The van der Waals surface area contributed by atoms with Crippen LogP contribution >= 0.6 is 0 Å². The quantitative estimate of drug-likeness (QED) is 0.848. The maximum Gasteiger partial charge on any atom is 0.335 e. The van der Waals surface area contributed by atoms with Gasteiger partial charge in [0.25, 0.3) is 0 Å². The number of hydrogen-bond acceptors (Lipinski definition) is 4. The Hall–Kier alpha value is -2.47. The fraction of sp³-hybridized carbons (Fsp3) is 0.294. The Morgan fingerprint density at radius 1 is 1.43 bits per heavy atom. The van der Waals surface area contributed by atoms with Crippen molar-refractivity contribution < 1.29 is 19.0 Å². The van der Waals surface area contributed by atoms with Crippen LogP contribution in [0, 0.1) is 12.9 Å². The molecule has 1 aromatic carbocycles. The van der Waals surface area contributed by atoms with Gasteiger partial charge in [-0.1, -0.05) is 18.2 Å². The number of aryl methyl sites for hydroxylation is 1. The highest BCUT2D eigenvalue weighted by molar-refractivity contribution is 5.87. The Balaban J connectivity index is 0.000000185. The number of aromatic carboxylic acids is 1. The first-order chi connectivity index (χ1) is 11.1. The summed E-state index contributed by atoms with van der Waals surface area (Å²) in [5, 5.41) is 11.6. The summed E-state index contributed by atoms with van der Waals surface area (Å²) in [5.41, 5.74) is 0.849. The number of pyridine rings is 1. The summed E-state index contributed by atoms with van der Waals surface area (Å²) in [4.78, 5) is 13.8. The van der Waals surface area contributed by atoms with Crippen molar-refractivity contribution >= 4 is 5.97 Å². The van der Waals surface area contributed by atoms with Crippen molar-refractivity contribution in [1.82, 2.24) is 10.3 Å². The zero-order chi connectivity index (χ0) is 16.7. The third-order valence-corrected chi connectivity index (χ3v) is 3.39. The number of rotatable bonds is 4. The Morgan fingerprint density at radius 3 is 2.61 bits per heavy atom. The van der Waals surface area contributed by atoms with Gasteiger partial charge in [-0.3, -0.25) is 0 Å². The Labute approximate surface area is 134 Å². The van der Waals surface area contributed by atoms with E-state index in [2.05, 4.69) is 10.3 Å². The molecule has 0 radical (unpaired) electrons. The average Bonchev–Trinajstić information content (AvgIpc) is 2.51. The summed E-state index contributed by atoms with van der Waals surface area (Å²) in [6.07, 6.45) is 2.56. The fourth-order valence-corrected chi connectivity index (χ4v) is 1.88. The van der Waals surface area contributed by atoms with Gasteiger partial charge < -0.3 is 15.2 Å². The molecular formula is C17H19FN2O3. The Bertz CT molecular complexity index is 646. The van der Waals surface area contributed by atoms with Gasteiger partial charge in [0.05, 0.1) is 11.8 Å². The number of halogens is 1. The molecule has 1 fully saturated rings. The van der Waals surface area contributed by atoms with Crippen molar-refractivity contribution in [3.63, 3.8) is 0 Å². The minimum absolute atomic E-state index is 0.331. The summed E-state index contributed by atoms with van der Waals surface area (Å²) >= 11 is 0. The summed E-state index contributed by atoms with van der Waals surface area (Å²) in [6, 6.07) is 10.4. The molecule has 2 heterocycles. The van der Waals surface area contributed by atoms with Crippen LogP contribution in [-0.4, -0.2) is 35.3 Å². The number of hydrogen-bond donors (Lipinski definition) is 2. The van der Waals surface area contributed by atoms with Crippen LogP contribution in [0.1, 0.15) is 22.3 Å². The van der Waals surface area contributed by atoms with Gasteiger partial charge in [0, 0.05) is 11.6 Å². The predicted molar refractivity (Wildman–Crippen MR) is 84.2 cm³/mol. The van der Waals surface area contributed by atoms with Crippen LogP contribution in [0.3, 0.4) is 0 Å². The zero-order valence-corrected chi connectivity index (χ0v) is 12.8. The van der Waals surface area contributed by atoms with E-state index < -0.39 is 11.9 Å². The Kier molecular flexibility index (Phi) is 6.05. The van der Waals surface area contributed by atoms with E-state index in [1.165, 1.54) is 6.20 Å². The highest BCUT2D eigenvalue weighted by Gasteiger charge is 2.16. The second-order valence-corrected chi connectivity index (χ2v) is 5.20. The largest absolute Gasteiger partial charge is 0.490 e.